The summed E-state index contributed by atoms with van der Waals surface area (Å²) in [6.45, 7) is 7.43. The average Bonchev–Trinajstić information content (AvgIpc) is 2.85. The highest BCUT2D eigenvalue weighted by atomic mass is 32.1. The minimum absolute atomic E-state index is 0.231. The van der Waals surface area contributed by atoms with E-state index in [9.17, 15) is 0 Å². The number of nitrogens with one attached hydrogen (secondary N) is 1. The molecule has 2 heterocycles. The maximum Gasteiger partial charge on any atom is 0.194 e. The van der Waals surface area contributed by atoms with Gasteiger partial charge in [-0.15, -0.1) is 11.3 Å². The predicted molar refractivity (Wildman–Crippen MR) is 75.0 cm³/mol. The summed E-state index contributed by atoms with van der Waals surface area (Å²) in [6.07, 6.45) is 2.86. The maximum atomic E-state index is 9.08. The Balaban J connectivity index is 2.08. The Kier molecular flexibility index (Phi) is 4.37. The second-order valence-electron chi connectivity index (χ2n) is 4.94. The lowest BCUT2D eigenvalue weighted by Gasteiger charge is -2.21. The molecule has 18 heavy (non-hydrogen) atoms. The van der Waals surface area contributed by atoms with Crippen LogP contribution in [0.2, 0.25) is 0 Å². The molecule has 2 N–H and O–H groups in total. The van der Waals surface area contributed by atoms with Gasteiger partial charge in [0.25, 0.3) is 0 Å². The molecule has 2 aromatic heterocycles. The first-order chi connectivity index (χ1) is 8.63. The van der Waals surface area contributed by atoms with Crippen molar-refractivity contribution in [2.24, 2.45) is 5.92 Å². The largest absolute Gasteiger partial charge is 0.396 e. The molecule has 1 atom stereocenters. The van der Waals surface area contributed by atoms with Crippen LogP contribution in [-0.4, -0.2) is 27.1 Å². The van der Waals surface area contributed by atoms with Crippen molar-refractivity contribution >= 4 is 16.3 Å². The van der Waals surface area contributed by atoms with Gasteiger partial charge in [0.2, 0.25) is 0 Å². The molecule has 0 aliphatic heterocycles. The number of fused-ring (bicyclic) bond motifs is 1. The van der Waals surface area contributed by atoms with E-state index in [1.165, 1.54) is 5.69 Å². The van der Waals surface area contributed by atoms with Gasteiger partial charge >= 0.3 is 0 Å². The van der Waals surface area contributed by atoms with Crippen molar-refractivity contribution in [2.75, 3.05) is 6.61 Å². The van der Waals surface area contributed by atoms with Crippen molar-refractivity contribution in [1.82, 2.24) is 14.7 Å². The molecule has 0 radical (unpaired) electrons. The van der Waals surface area contributed by atoms with Gasteiger partial charge in [0.05, 0.1) is 11.4 Å². The molecule has 0 saturated heterocycles. The Morgan fingerprint density at radius 2 is 2.28 bits per heavy atom. The highest BCUT2D eigenvalue weighted by Gasteiger charge is 2.15. The standard InChI is InChI=1S/C13H21N3OS/c1-9(2)11(4-6-17)14-8-12-10(3)15-13-16(12)5-7-18-13/h5,7,9,11,14,17H,4,6,8H2,1-3H3. The zero-order valence-electron chi connectivity index (χ0n) is 11.2. The molecular formula is C13H21N3OS. The molecule has 0 spiro atoms. The summed E-state index contributed by atoms with van der Waals surface area (Å²) >= 11 is 1.66. The summed E-state index contributed by atoms with van der Waals surface area (Å²) in [7, 11) is 0. The smallest absolute Gasteiger partial charge is 0.194 e. The van der Waals surface area contributed by atoms with E-state index in [2.05, 4.69) is 40.1 Å². The molecule has 2 rings (SSSR count). The number of imidazole rings is 1. The average molecular weight is 267 g/mol. The van der Waals surface area contributed by atoms with E-state index in [1.807, 2.05) is 6.92 Å². The lowest BCUT2D eigenvalue weighted by Crippen LogP contribution is -2.34. The lowest BCUT2D eigenvalue weighted by atomic mass is 10.0. The molecule has 5 heteroatoms. The summed E-state index contributed by atoms with van der Waals surface area (Å²) in [5.74, 6) is 0.517. The third-order valence-corrected chi connectivity index (χ3v) is 4.09. The molecule has 1 unspecified atom stereocenters. The quantitative estimate of drug-likeness (QED) is 0.843. The van der Waals surface area contributed by atoms with Crippen LogP contribution in [0.1, 0.15) is 31.7 Å². The second kappa shape index (κ2) is 5.82. The first-order valence-corrected chi connectivity index (χ1v) is 7.26. The van der Waals surface area contributed by atoms with E-state index in [1.54, 1.807) is 11.3 Å². The third-order valence-electron chi connectivity index (χ3n) is 3.34. The summed E-state index contributed by atoms with van der Waals surface area (Å²) in [5, 5.41) is 14.7. The van der Waals surface area contributed by atoms with E-state index < -0.39 is 0 Å². The molecule has 0 aromatic carbocycles. The summed E-state index contributed by atoms with van der Waals surface area (Å²) in [6, 6.07) is 0.346. The molecule has 2 aromatic rings. The van der Waals surface area contributed by atoms with Gasteiger partial charge in [-0.25, -0.2) is 4.98 Å². The Morgan fingerprint density at radius 3 is 2.94 bits per heavy atom. The van der Waals surface area contributed by atoms with Crippen LogP contribution in [0.5, 0.6) is 0 Å². The highest BCUT2D eigenvalue weighted by Crippen LogP contribution is 2.17. The maximum absolute atomic E-state index is 9.08. The van der Waals surface area contributed by atoms with E-state index in [-0.39, 0.29) is 6.61 Å². The van der Waals surface area contributed by atoms with Gasteiger partial charge < -0.3 is 10.4 Å². The number of thiazole rings is 1. The zero-order chi connectivity index (χ0) is 13.1. The fourth-order valence-corrected chi connectivity index (χ4v) is 2.97. The lowest BCUT2D eigenvalue weighted by molar-refractivity contribution is 0.243. The number of rotatable bonds is 6. The highest BCUT2D eigenvalue weighted by molar-refractivity contribution is 7.15. The van der Waals surface area contributed by atoms with Crippen molar-refractivity contribution in [1.29, 1.82) is 0 Å². The van der Waals surface area contributed by atoms with E-state index in [0.717, 1.165) is 23.6 Å². The van der Waals surface area contributed by atoms with Crippen LogP contribution in [-0.2, 0) is 6.54 Å². The Morgan fingerprint density at radius 1 is 1.50 bits per heavy atom. The van der Waals surface area contributed by atoms with Gasteiger partial charge in [-0.05, 0) is 19.3 Å². The molecule has 0 saturated carbocycles. The third kappa shape index (κ3) is 2.74. The zero-order valence-corrected chi connectivity index (χ0v) is 12.0. The molecular weight excluding hydrogens is 246 g/mol. The number of aliphatic hydroxyl groups excluding tert-OH is 1. The van der Waals surface area contributed by atoms with E-state index >= 15 is 0 Å². The van der Waals surface area contributed by atoms with Crippen LogP contribution in [0, 0.1) is 12.8 Å². The number of hydrogen-bond donors (Lipinski definition) is 2. The van der Waals surface area contributed by atoms with Crippen molar-refractivity contribution < 1.29 is 5.11 Å². The summed E-state index contributed by atoms with van der Waals surface area (Å²) in [5.41, 5.74) is 2.30. The number of aromatic nitrogens is 2. The van der Waals surface area contributed by atoms with Gasteiger partial charge in [0, 0.05) is 30.8 Å². The molecule has 0 fully saturated rings. The minimum Gasteiger partial charge on any atom is -0.396 e. The van der Waals surface area contributed by atoms with Gasteiger partial charge in [0.1, 0.15) is 0 Å². The fraction of sp³-hybridized carbons (Fsp3) is 0.615. The van der Waals surface area contributed by atoms with Crippen LogP contribution in [0.15, 0.2) is 11.6 Å². The number of nitrogens with zero attached hydrogens (tertiary/aromatic N) is 2. The van der Waals surface area contributed by atoms with Crippen LogP contribution >= 0.6 is 11.3 Å². The van der Waals surface area contributed by atoms with E-state index in [0.29, 0.717) is 12.0 Å². The van der Waals surface area contributed by atoms with Crippen LogP contribution in [0.3, 0.4) is 0 Å². The number of aliphatic hydroxyl groups is 1. The molecule has 0 aliphatic rings. The Labute approximate surface area is 112 Å². The monoisotopic (exact) mass is 267 g/mol. The molecule has 0 aliphatic carbocycles. The van der Waals surface area contributed by atoms with Crippen molar-refractivity contribution in [3.05, 3.63) is 23.0 Å². The van der Waals surface area contributed by atoms with E-state index in [4.69, 9.17) is 5.11 Å². The van der Waals surface area contributed by atoms with Crippen molar-refractivity contribution in [3.8, 4) is 0 Å². The van der Waals surface area contributed by atoms with Gasteiger partial charge in [-0.3, -0.25) is 4.40 Å². The summed E-state index contributed by atoms with van der Waals surface area (Å²) < 4.78 is 2.14. The molecule has 100 valence electrons. The SMILES string of the molecule is Cc1nc2sccn2c1CNC(CCO)C(C)C. The Hall–Kier alpha value is -0.910. The first kappa shape index (κ1) is 13.5. The van der Waals surface area contributed by atoms with Crippen molar-refractivity contribution in [2.45, 2.75) is 39.8 Å². The minimum atomic E-state index is 0.231. The topological polar surface area (TPSA) is 49.6 Å². The van der Waals surface area contributed by atoms with Gasteiger partial charge in [-0.1, -0.05) is 13.8 Å². The van der Waals surface area contributed by atoms with Crippen molar-refractivity contribution in [3.63, 3.8) is 0 Å². The molecule has 4 nitrogen and oxygen atoms in total. The predicted octanol–water partition coefficient (Wildman–Crippen LogP) is 2.20. The fourth-order valence-electron chi connectivity index (χ4n) is 2.19. The number of aryl methyl sites for hydroxylation is 1. The first-order valence-electron chi connectivity index (χ1n) is 6.38. The molecule has 0 bridgehead atoms. The second-order valence-corrected chi connectivity index (χ2v) is 5.82. The van der Waals surface area contributed by atoms with Crippen LogP contribution in [0.25, 0.3) is 4.96 Å². The van der Waals surface area contributed by atoms with Crippen LogP contribution in [0.4, 0.5) is 0 Å². The Bertz CT molecular complexity index is 503. The van der Waals surface area contributed by atoms with Gasteiger partial charge in [-0.2, -0.15) is 0 Å². The van der Waals surface area contributed by atoms with Gasteiger partial charge in [0.15, 0.2) is 4.96 Å². The normalized spacial score (nSPS) is 13.6. The molecule has 0 amide bonds. The number of hydrogen-bond acceptors (Lipinski definition) is 4. The summed E-state index contributed by atoms with van der Waals surface area (Å²) in [4.78, 5) is 5.58. The van der Waals surface area contributed by atoms with Crippen LogP contribution < -0.4 is 5.32 Å².